The van der Waals surface area contributed by atoms with Gasteiger partial charge in [0.1, 0.15) is 0 Å². The number of benzene rings is 3. The number of anilines is 2. The van der Waals surface area contributed by atoms with Crippen LogP contribution in [0.25, 0.3) is 0 Å². The van der Waals surface area contributed by atoms with E-state index in [-0.39, 0.29) is 18.0 Å². The molecule has 1 N–H and O–H groups in total. The van der Waals surface area contributed by atoms with Crippen molar-refractivity contribution < 1.29 is 19.1 Å². The third-order valence-corrected chi connectivity index (χ3v) is 7.89. The van der Waals surface area contributed by atoms with Gasteiger partial charge in [0, 0.05) is 54.4 Å². The van der Waals surface area contributed by atoms with Crippen LogP contribution in [0.3, 0.4) is 0 Å². The van der Waals surface area contributed by atoms with Gasteiger partial charge in [0.25, 0.3) is 5.91 Å². The van der Waals surface area contributed by atoms with Gasteiger partial charge in [-0.15, -0.1) is 0 Å². The molecule has 8 nitrogen and oxygen atoms in total. The second-order valence-corrected chi connectivity index (χ2v) is 10.7. The number of piperazine rings is 1. The zero-order valence-corrected chi connectivity index (χ0v) is 22.8. The van der Waals surface area contributed by atoms with Gasteiger partial charge < -0.3 is 24.6 Å². The first-order chi connectivity index (χ1) is 18.9. The number of rotatable bonds is 5. The summed E-state index contributed by atoms with van der Waals surface area (Å²) in [6, 6.07) is 20.3. The third kappa shape index (κ3) is 4.63. The molecule has 3 amide bonds. The van der Waals surface area contributed by atoms with E-state index in [0.29, 0.717) is 53.9 Å². The van der Waals surface area contributed by atoms with Crippen LogP contribution >= 0.6 is 11.6 Å². The summed E-state index contributed by atoms with van der Waals surface area (Å²) in [5, 5.41) is 3.82. The lowest BCUT2D eigenvalue weighted by Crippen LogP contribution is -2.65. The number of ether oxygens (including phenoxy) is 2. The van der Waals surface area contributed by atoms with E-state index in [4.69, 9.17) is 21.1 Å². The smallest absolute Gasteiger partial charge is 0.325 e. The van der Waals surface area contributed by atoms with E-state index >= 15 is 0 Å². The number of nitrogens with zero attached hydrogens (tertiary/aromatic N) is 3. The second-order valence-electron chi connectivity index (χ2n) is 10.2. The molecule has 202 valence electrons. The Hall–Kier alpha value is -3.91. The molecule has 3 heterocycles. The maximum Gasteiger partial charge on any atom is 0.325 e. The summed E-state index contributed by atoms with van der Waals surface area (Å²) in [6.45, 7) is 6.98. The van der Waals surface area contributed by atoms with Gasteiger partial charge in [0.15, 0.2) is 17.2 Å². The number of amides is 3. The van der Waals surface area contributed by atoms with Gasteiger partial charge >= 0.3 is 6.03 Å². The van der Waals surface area contributed by atoms with Crippen LogP contribution in [0.5, 0.6) is 11.5 Å². The van der Waals surface area contributed by atoms with Crippen LogP contribution in [-0.2, 0) is 0 Å². The predicted octanol–water partition coefficient (Wildman–Crippen LogP) is 5.47. The molecule has 0 aliphatic carbocycles. The van der Waals surface area contributed by atoms with Gasteiger partial charge in [-0.05, 0) is 56.3 Å². The Balaban J connectivity index is 1.22. The van der Waals surface area contributed by atoms with Crippen molar-refractivity contribution in [2.75, 3.05) is 42.6 Å². The molecule has 0 aromatic heterocycles. The van der Waals surface area contributed by atoms with Crippen molar-refractivity contribution in [1.29, 1.82) is 0 Å². The number of hydrogen-bond donors (Lipinski definition) is 1. The van der Waals surface area contributed by atoms with Crippen molar-refractivity contribution >= 4 is 34.9 Å². The average Bonchev–Trinajstić information content (AvgIpc) is 2.93. The number of carbonyl (C=O) groups excluding carboxylic acids is 2. The summed E-state index contributed by atoms with van der Waals surface area (Å²) in [5.41, 5.74) is 2.16. The number of hydrogen-bond acceptors (Lipinski definition) is 5. The fourth-order valence-corrected chi connectivity index (χ4v) is 6.01. The van der Waals surface area contributed by atoms with Crippen LogP contribution < -0.4 is 24.6 Å². The Morgan fingerprint density at radius 2 is 1.79 bits per heavy atom. The molecular weight excluding hydrogens is 516 g/mol. The van der Waals surface area contributed by atoms with Crippen molar-refractivity contribution in [2.45, 2.75) is 32.0 Å². The van der Waals surface area contributed by atoms with Crippen molar-refractivity contribution in [3.63, 3.8) is 0 Å². The van der Waals surface area contributed by atoms with Gasteiger partial charge in [-0.3, -0.25) is 9.69 Å². The van der Waals surface area contributed by atoms with E-state index in [1.807, 2.05) is 73.3 Å². The number of halogens is 1. The summed E-state index contributed by atoms with van der Waals surface area (Å²) in [4.78, 5) is 32.6. The van der Waals surface area contributed by atoms with Gasteiger partial charge in [0.2, 0.25) is 0 Å². The zero-order chi connectivity index (χ0) is 27.1. The Morgan fingerprint density at radius 1 is 1.05 bits per heavy atom. The minimum absolute atomic E-state index is 0.0587. The topological polar surface area (TPSA) is 74.3 Å². The largest absolute Gasteiger partial charge is 0.490 e. The number of urea groups is 1. The van der Waals surface area contributed by atoms with E-state index in [0.717, 1.165) is 24.3 Å². The van der Waals surface area contributed by atoms with Gasteiger partial charge in [-0.25, -0.2) is 4.79 Å². The van der Waals surface area contributed by atoms with Crippen LogP contribution in [0.2, 0.25) is 5.02 Å². The first-order valence-electron chi connectivity index (χ1n) is 13.3. The third-order valence-electron chi connectivity index (χ3n) is 7.65. The van der Waals surface area contributed by atoms with Crippen LogP contribution in [-0.4, -0.2) is 55.3 Å². The van der Waals surface area contributed by atoms with Crippen molar-refractivity contribution in [3.8, 4) is 11.5 Å². The number of nitrogens with one attached hydrogen (secondary N) is 1. The summed E-state index contributed by atoms with van der Waals surface area (Å²) in [6.07, 6.45) is 0.560. The lowest BCUT2D eigenvalue weighted by Gasteiger charge is -2.50. The van der Waals surface area contributed by atoms with Crippen LogP contribution in [0.15, 0.2) is 66.7 Å². The molecule has 2 saturated heterocycles. The normalized spacial score (nSPS) is 22.1. The molecule has 3 aromatic carbocycles. The average molecular weight is 547 g/mol. The highest BCUT2D eigenvalue weighted by atomic mass is 35.5. The summed E-state index contributed by atoms with van der Waals surface area (Å²) in [7, 11) is 0. The fraction of sp³-hybridized carbons (Fsp3) is 0.333. The molecule has 39 heavy (non-hydrogen) atoms. The van der Waals surface area contributed by atoms with E-state index in [9.17, 15) is 9.59 Å². The summed E-state index contributed by atoms with van der Waals surface area (Å²) >= 11 is 6.16. The standard InChI is InChI=1S/C30H31ClN4O4/c1-3-38-26-12-6-11-24-25-19-30(2,39-27(24)26)35(29(37)32-25)23-10-4-7-20(17-23)28(36)34-15-13-33(14-16-34)22-9-5-8-21(31)18-22/h4-12,17-18,25H,3,13-16,19H2,1-2H3,(H,32,37). The number of carbonyl (C=O) groups is 2. The van der Waals surface area contributed by atoms with E-state index < -0.39 is 5.72 Å². The molecular formula is C30H31ClN4O4. The molecule has 2 atom stereocenters. The van der Waals surface area contributed by atoms with Gasteiger partial charge in [0.05, 0.1) is 18.3 Å². The Bertz CT molecular complexity index is 1420. The summed E-state index contributed by atoms with van der Waals surface area (Å²) in [5.74, 6) is 1.24. The highest BCUT2D eigenvalue weighted by molar-refractivity contribution is 6.30. The molecule has 2 bridgehead atoms. The molecule has 3 aromatic rings. The first kappa shape index (κ1) is 25.4. The quantitative estimate of drug-likeness (QED) is 0.459. The molecule has 0 radical (unpaired) electrons. The number of fused-ring (bicyclic) bond motifs is 4. The highest BCUT2D eigenvalue weighted by Gasteiger charge is 2.50. The molecule has 3 aliphatic heterocycles. The Morgan fingerprint density at radius 3 is 2.56 bits per heavy atom. The van der Waals surface area contributed by atoms with Gasteiger partial charge in [-0.2, -0.15) is 0 Å². The van der Waals surface area contributed by atoms with E-state index in [1.165, 1.54) is 0 Å². The molecule has 3 aliphatic rings. The monoisotopic (exact) mass is 546 g/mol. The van der Waals surface area contributed by atoms with Crippen molar-refractivity contribution in [1.82, 2.24) is 10.2 Å². The second kappa shape index (κ2) is 10.0. The minimum Gasteiger partial charge on any atom is -0.490 e. The fourth-order valence-electron chi connectivity index (χ4n) is 5.82. The van der Waals surface area contributed by atoms with E-state index in [1.54, 1.807) is 17.0 Å². The van der Waals surface area contributed by atoms with Crippen molar-refractivity contribution in [2.24, 2.45) is 0 Å². The maximum absolute atomic E-state index is 13.5. The van der Waals surface area contributed by atoms with Crippen LogP contribution in [0.1, 0.15) is 42.2 Å². The SMILES string of the molecule is CCOc1cccc2c1OC1(C)CC2NC(=O)N1c1cccc(C(=O)N2CCN(c3cccc(Cl)c3)CC2)c1. The zero-order valence-electron chi connectivity index (χ0n) is 22.0. The first-order valence-corrected chi connectivity index (χ1v) is 13.7. The molecule has 9 heteroatoms. The van der Waals surface area contributed by atoms with Crippen LogP contribution in [0, 0.1) is 0 Å². The lowest BCUT2D eigenvalue weighted by molar-refractivity contribution is 0.0343. The highest BCUT2D eigenvalue weighted by Crippen LogP contribution is 2.49. The predicted molar refractivity (Wildman–Crippen MR) is 151 cm³/mol. The molecule has 2 unspecified atom stereocenters. The molecule has 0 spiro atoms. The molecule has 2 fully saturated rings. The van der Waals surface area contributed by atoms with E-state index in [2.05, 4.69) is 10.2 Å². The van der Waals surface area contributed by atoms with Gasteiger partial charge in [-0.1, -0.05) is 35.9 Å². The lowest BCUT2D eigenvalue weighted by atomic mass is 9.89. The maximum atomic E-state index is 13.5. The Kier molecular flexibility index (Phi) is 6.51. The van der Waals surface area contributed by atoms with Crippen molar-refractivity contribution in [3.05, 3.63) is 82.9 Å². The minimum atomic E-state index is -0.947. The molecule has 0 saturated carbocycles. The molecule has 6 rings (SSSR count). The van der Waals surface area contributed by atoms with Crippen LogP contribution in [0.4, 0.5) is 16.2 Å². The Labute approximate surface area is 233 Å². The summed E-state index contributed by atoms with van der Waals surface area (Å²) < 4.78 is 12.3. The number of para-hydroxylation sites is 1.